The zero-order valence-electron chi connectivity index (χ0n) is 29.8. The number of para-hydroxylation sites is 2. The number of hydrogen-bond donors (Lipinski definition) is 4. The third kappa shape index (κ3) is 13.1. The summed E-state index contributed by atoms with van der Waals surface area (Å²) in [5.41, 5.74) is 3.63. The van der Waals surface area contributed by atoms with Gasteiger partial charge in [-0.3, -0.25) is 53.6 Å². The molecule has 1 fully saturated rings. The first-order valence-electron chi connectivity index (χ1n) is 17.8. The first-order chi connectivity index (χ1) is 25.6. The van der Waals surface area contributed by atoms with Crippen molar-refractivity contribution in [3.05, 3.63) is 84.2 Å². The number of carbonyl (C=O) groups is 4. The van der Waals surface area contributed by atoms with Crippen LogP contribution in [0.5, 0.6) is 0 Å². The Kier molecular flexibility index (Phi) is 14.5. The van der Waals surface area contributed by atoms with Gasteiger partial charge in [0, 0.05) is 89.3 Å². The highest BCUT2D eigenvalue weighted by Crippen LogP contribution is 2.16. The number of nitrogens with zero attached hydrogens (tertiary/aromatic N) is 7. The van der Waals surface area contributed by atoms with Crippen molar-refractivity contribution in [2.24, 2.45) is 0 Å². The number of fused-ring (bicyclic) bond motifs is 2. The highest BCUT2D eigenvalue weighted by atomic mass is 16.4. The Morgan fingerprint density at radius 2 is 0.925 bits per heavy atom. The van der Waals surface area contributed by atoms with Crippen molar-refractivity contribution in [3.8, 4) is 0 Å². The molecule has 1 amide bonds. The summed E-state index contributed by atoms with van der Waals surface area (Å²) in [4.78, 5) is 67.1. The van der Waals surface area contributed by atoms with Crippen LogP contribution in [0.1, 0.15) is 11.4 Å². The number of carboxylic acid groups (broad SMARTS) is 3. The molecule has 15 nitrogen and oxygen atoms in total. The van der Waals surface area contributed by atoms with Crippen LogP contribution in [-0.4, -0.2) is 165 Å². The van der Waals surface area contributed by atoms with Crippen molar-refractivity contribution in [1.82, 2.24) is 39.8 Å². The number of carboxylic acids is 3. The van der Waals surface area contributed by atoms with Crippen molar-refractivity contribution in [3.63, 3.8) is 0 Å². The molecule has 0 spiro atoms. The average Bonchev–Trinajstić information content (AvgIpc) is 3.12. The number of benzene rings is 2. The molecule has 1 saturated heterocycles. The summed E-state index contributed by atoms with van der Waals surface area (Å²) in [5.74, 6) is -3.21. The van der Waals surface area contributed by atoms with Gasteiger partial charge in [-0.05, 0) is 24.3 Å². The maximum absolute atomic E-state index is 13.4. The van der Waals surface area contributed by atoms with Crippen LogP contribution in [0.15, 0.2) is 72.8 Å². The minimum absolute atomic E-state index is 0.0470. The largest absolute Gasteiger partial charge is 0.480 e. The van der Waals surface area contributed by atoms with E-state index in [0.29, 0.717) is 78.5 Å². The van der Waals surface area contributed by atoms with E-state index in [2.05, 4.69) is 22.3 Å². The lowest BCUT2D eigenvalue weighted by atomic mass is 10.2. The lowest BCUT2D eigenvalue weighted by Crippen LogP contribution is -2.50. The fourth-order valence-corrected chi connectivity index (χ4v) is 6.46. The van der Waals surface area contributed by atoms with E-state index in [1.54, 1.807) is 14.7 Å². The number of aliphatic carboxylic acids is 3. The maximum atomic E-state index is 13.4. The summed E-state index contributed by atoms with van der Waals surface area (Å²) < 4.78 is 0. The average molecular weight is 729 g/mol. The van der Waals surface area contributed by atoms with Gasteiger partial charge in [-0.1, -0.05) is 48.5 Å². The van der Waals surface area contributed by atoms with Gasteiger partial charge in [-0.2, -0.15) is 0 Å². The minimum atomic E-state index is -1.01. The first kappa shape index (κ1) is 39.2. The molecule has 0 saturated carbocycles. The molecule has 4 N–H and O–H groups in total. The van der Waals surface area contributed by atoms with Crippen molar-refractivity contribution >= 4 is 45.6 Å². The summed E-state index contributed by atoms with van der Waals surface area (Å²) in [6, 6.07) is 24.1. The van der Waals surface area contributed by atoms with Crippen LogP contribution in [0.2, 0.25) is 0 Å². The summed E-state index contributed by atoms with van der Waals surface area (Å²) >= 11 is 0. The Morgan fingerprint density at radius 1 is 0.547 bits per heavy atom. The van der Waals surface area contributed by atoms with E-state index in [-0.39, 0.29) is 32.1 Å². The molecule has 0 atom stereocenters. The molecule has 3 heterocycles. The van der Waals surface area contributed by atoms with Crippen molar-refractivity contribution in [1.29, 1.82) is 0 Å². The van der Waals surface area contributed by atoms with Crippen molar-refractivity contribution in [2.45, 2.75) is 13.1 Å². The second-order valence-corrected chi connectivity index (χ2v) is 13.3. The first-order valence-corrected chi connectivity index (χ1v) is 17.8. The van der Waals surface area contributed by atoms with E-state index in [9.17, 15) is 34.5 Å². The number of hydrogen-bond acceptors (Lipinski definition) is 11. The van der Waals surface area contributed by atoms with E-state index in [1.807, 2.05) is 65.6 Å². The molecule has 1 aliphatic heterocycles. The predicted octanol–water partition coefficient (Wildman–Crippen LogP) is 1.38. The number of carbonyl (C=O) groups excluding carboxylic acids is 1. The molecule has 0 bridgehead atoms. The monoisotopic (exact) mass is 728 g/mol. The number of pyridine rings is 2. The molecule has 15 heteroatoms. The second kappa shape index (κ2) is 19.7. The summed E-state index contributed by atoms with van der Waals surface area (Å²) in [6.07, 6.45) is 0. The van der Waals surface area contributed by atoms with Crippen LogP contribution in [-0.2, 0) is 32.3 Å². The quantitative estimate of drug-likeness (QED) is 0.138. The molecule has 53 heavy (non-hydrogen) atoms. The Morgan fingerprint density at radius 3 is 1.32 bits per heavy atom. The van der Waals surface area contributed by atoms with Crippen LogP contribution >= 0.6 is 0 Å². The van der Waals surface area contributed by atoms with E-state index in [0.717, 1.165) is 33.2 Å². The fourth-order valence-electron chi connectivity index (χ4n) is 6.46. The highest BCUT2D eigenvalue weighted by Gasteiger charge is 2.21. The van der Waals surface area contributed by atoms with Crippen LogP contribution in [0.4, 0.5) is 0 Å². The van der Waals surface area contributed by atoms with E-state index < -0.39 is 17.9 Å². The smallest absolute Gasteiger partial charge is 0.317 e. The molecule has 282 valence electrons. The topological polar surface area (TPSA) is 183 Å². The van der Waals surface area contributed by atoms with Gasteiger partial charge >= 0.3 is 17.9 Å². The number of amides is 1. The lowest BCUT2D eigenvalue weighted by molar-refractivity contribution is -0.140. The third-order valence-electron chi connectivity index (χ3n) is 9.21. The number of nitrogens with one attached hydrogen (secondary N) is 1. The fraction of sp³-hybridized carbons (Fsp3) is 0.421. The standard InChI is InChI=1S/C38H48N8O7/c47-35(25-42-15-17-43(26-36(48)49)19-21-45(28-38(52)53)22-20-44(18-16-42)27-37(50)51)39-13-14-46(23-31-11-9-29-5-1-3-7-33(29)40-31)24-32-12-10-30-6-2-4-8-34(30)41-32/h1-12H,13-28H2,(H,39,47)(H,48,49)(H,50,51)(H,52,53). The Hall–Kier alpha value is -5.06. The molecular formula is C38H48N8O7. The van der Waals surface area contributed by atoms with Crippen LogP contribution in [0, 0.1) is 0 Å². The van der Waals surface area contributed by atoms with Gasteiger partial charge in [-0.25, -0.2) is 0 Å². The summed E-state index contributed by atoms with van der Waals surface area (Å²) in [5, 5.41) is 33.6. The zero-order valence-corrected chi connectivity index (χ0v) is 29.8. The minimum Gasteiger partial charge on any atom is -0.480 e. The van der Waals surface area contributed by atoms with Gasteiger partial charge in [0.1, 0.15) is 0 Å². The van der Waals surface area contributed by atoms with E-state index in [4.69, 9.17) is 9.97 Å². The normalized spacial score (nSPS) is 15.9. The van der Waals surface area contributed by atoms with Crippen molar-refractivity contribution in [2.75, 3.05) is 91.6 Å². The van der Waals surface area contributed by atoms with Gasteiger partial charge in [0.25, 0.3) is 0 Å². The molecular weight excluding hydrogens is 680 g/mol. The highest BCUT2D eigenvalue weighted by molar-refractivity contribution is 5.79. The van der Waals surface area contributed by atoms with Gasteiger partial charge in [0.05, 0.1) is 48.6 Å². The lowest BCUT2D eigenvalue weighted by Gasteiger charge is -2.32. The summed E-state index contributed by atoms with van der Waals surface area (Å²) in [6.45, 7) is 4.00. The molecule has 0 unspecified atom stereocenters. The molecule has 4 aromatic rings. The predicted molar refractivity (Wildman–Crippen MR) is 199 cm³/mol. The van der Waals surface area contributed by atoms with Crippen molar-refractivity contribution < 1.29 is 34.5 Å². The van der Waals surface area contributed by atoms with E-state index >= 15 is 0 Å². The summed E-state index contributed by atoms with van der Waals surface area (Å²) in [7, 11) is 0. The second-order valence-electron chi connectivity index (χ2n) is 13.3. The van der Waals surface area contributed by atoms with Gasteiger partial charge in [0.15, 0.2) is 0 Å². The molecule has 0 aliphatic carbocycles. The Labute approximate surface area is 308 Å². The number of rotatable bonds is 15. The SMILES string of the molecule is O=C(O)CN1CCN(CC(=O)O)CCN(CC(=O)NCCN(Cc2ccc3ccccc3n2)Cc2ccc3ccccc3n2)CCN(CC(=O)O)CC1. The Bertz CT molecular complexity index is 1750. The van der Waals surface area contributed by atoms with Gasteiger partial charge in [0.2, 0.25) is 5.91 Å². The third-order valence-corrected chi connectivity index (χ3v) is 9.21. The van der Waals surface area contributed by atoms with Crippen LogP contribution in [0.3, 0.4) is 0 Å². The Balaban J connectivity index is 1.23. The van der Waals surface area contributed by atoms with E-state index in [1.165, 1.54) is 0 Å². The molecule has 5 rings (SSSR count). The number of aromatic nitrogens is 2. The molecule has 2 aromatic carbocycles. The van der Waals surface area contributed by atoms with Gasteiger partial charge in [-0.15, -0.1) is 0 Å². The molecule has 1 aliphatic rings. The molecule has 0 radical (unpaired) electrons. The zero-order chi connectivity index (χ0) is 37.6. The van der Waals surface area contributed by atoms with Crippen LogP contribution < -0.4 is 5.32 Å². The maximum Gasteiger partial charge on any atom is 0.317 e. The van der Waals surface area contributed by atoms with Crippen LogP contribution in [0.25, 0.3) is 21.8 Å². The van der Waals surface area contributed by atoms with Gasteiger partial charge < -0.3 is 20.6 Å². The molecule has 2 aromatic heterocycles.